The molecule has 0 radical (unpaired) electrons. The molecule has 0 aliphatic rings. The van der Waals surface area contributed by atoms with Crippen LogP contribution in [-0.2, 0) is 4.79 Å². The van der Waals surface area contributed by atoms with Gasteiger partial charge in [-0.25, -0.2) is 0 Å². The van der Waals surface area contributed by atoms with E-state index >= 15 is 0 Å². The van der Waals surface area contributed by atoms with Crippen LogP contribution in [0.3, 0.4) is 0 Å². The zero-order valence-corrected chi connectivity index (χ0v) is 9.00. The third-order valence-corrected chi connectivity index (χ3v) is 2.24. The number of methoxy groups -OCH3 is 1. The van der Waals surface area contributed by atoms with E-state index in [0.717, 1.165) is 17.0 Å². The molecule has 14 heavy (non-hydrogen) atoms. The Bertz CT molecular complexity index is 347. The maximum Gasteiger partial charge on any atom is 0.223 e. The minimum absolute atomic E-state index is 0.0262. The van der Waals surface area contributed by atoms with Crippen molar-refractivity contribution in [3.63, 3.8) is 0 Å². The monoisotopic (exact) mass is 193 g/mol. The predicted molar refractivity (Wildman–Crippen MR) is 56.8 cm³/mol. The lowest BCUT2D eigenvalue weighted by molar-refractivity contribution is -0.116. The van der Waals surface area contributed by atoms with Crippen molar-refractivity contribution < 1.29 is 9.53 Å². The molecular weight excluding hydrogens is 178 g/mol. The van der Waals surface area contributed by atoms with Crippen molar-refractivity contribution in [2.75, 3.05) is 19.1 Å². The number of aryl methyl sites for hydroxylation is 1. The molecule has 0 spiro atoms. The van der Waals surface area contributed by atoms with Gasteiger partial charge in [0.05, 0.1) is 7.11 Å². The fourth-order valence-electron chi connectivity index (χ4n) is 1.30. The molecule has 0 unspecified atom stereocenters. The van der Waals surface area contributed by atoms with Gasteiger partial charge in [0, 0.05) is 19.7 Å². The molecule has 1 amide bonds. The Hall–Kier alpha value is -1.51. The van der Waals surface area contributed by atoms with Crippen LogP contribution in [0.15, 0.2) is 18.2 Å². The molecule has 1 aromatic carbocycles. The van der Waals surface area contributed by atoms with E-state index in [1.165, 1.54) is 0 Å². The average Bonchev–Trinajstić information content (AvgIpc) is 2.16. The molecule has 0 bridgehead atoms. The number of benzene rings is 1. The molecule has 0 fully saturated rings. The first-order valence-corrected chi connectivity index (χ1v) is 4.45. The molecule has 0 heterocycles. The lowest BCUT2D eigenvalue weighted by Crippen LogP contribution is -2.23. The van der Waals surface area contributed by atoms with E-state index in [1.807, 2.05) is 25.1 Å². The second-order valence-corrected chi connectivity index (χ2v) is 3.23. The smallest absolute Gasteiger partial charge is 0.223 e. The van der Waals surface area contributed by atoms with E-state index in [0.29, 0.717) is 0 Å². The fraction of sp³-hybridized carbons (Fsp3) is 0.364. The van der Waals surface area contributed by atoms with Crippen molar-refractivity contribution in [2.24, 2.45) is 0 Å². The summed E-state index contributed by atoms with van der Waals surface area (Å²) in [6.45, 7) is 3.50. The molecule has 0 aliphatic carbocycles. The molecule has 1 rings (SSSR count). The minimum Gasteiger partial charge on any atom is -0.497 e. The van der Waals surface area contributed by atoms with Gasteiger partial charge in [-0.05, 0) is 30.7 Å². The number of anilines is 1. The third-order valence-electron chi connectivity index (χ3n) is 2.24. The van der Waals surface area contributed by atoms with Crippen molar-refractivity contribution in [3.8, 4) is 5.75 Å². The van der Waals surface area contributed by atoms with E-state index < -0.39 is 0 Å². The molecule has 0 saturated carbocycles. The summed E-state index contributed by atoms with van der Waals surface area (Å²) in [6, 6.07) is 5.64. The van der Waals surface area contributed by atoms with Gasteiger partial charge in [0.1, 0.15) is 5.75 Å². The van der Waals surface area contributed by atoms with Crippen LogP contribution in [0.2, 0.25) is 0 Å². The highest BCUT2D eigenvalue weighted by atomic mass is 16.5. The summed E-state index contributed by atoms with van der Waals surface area (Å²) in [5, 5.41) is 0. The molecule has 1 aromatic rings. The normalized spacial score (nSPS) is 9.71. The van der Waals surface area contributed by atoms with Crippen LogP contribution in [0.4, 0.5) is 5.69 Å². The Morgan fingerprint density at radius 3 is 2.50 bits per heavy atom. The highest BCUT2D eigenvalue weighted by molar-refractivity contribution is 5.91. The van der Waals surface area contributed by atoms with Gasteiger partial charge in [0.15, 0.2) is 0 Å². The Morgan fingerprint density at radius 1 is 1.43 bits per heavy atom. The van der Waals surface area contributed by atoms with Crippen LogP contribution in [0, 0.1) is 6.92 Å². The number of rotatable bonds is 2. The van der Waals surface area contributed by atoms with Crippen molar-refractivity contribution in [1.29, 1.82) is 0 Å². The van der Waals surface area contributed by atoms with E-state index in [9.17, 15) is 4.79 Å². The number of ether oxygens (including phenoxy) is 1. The molecule has 0 aliphatic heterocycles. The highest BCUT2D eigenvalue weighted by Gasteiger charge is 2.08. The minimum atomic E-state index is 0.0262. The maximum absolute atomic E-state index is 11.1. The summed E-state index contributed by atoms with van der Waals surface area (Å²) in [5.41, 5.74) is 1.94. The number of nitrogens with zero attached hydrogens (tertiary/aromatic N) is 1. The summed E-state index contributed by atoms with van der Waals surface area (Å²) in [4.78, 5) is 12.8. The molecule has 0 saturated heterocycles. The predicted octanol–water partition coefficient (Wildman–Crippen LogP) is 1.99. The molecule has 0 aromatic heterocycles. The molecular formula is C11H15NO2. The van der Waals surface area contributed by atoms with Crippen LogP contribution >= 0.6 is 0 Å². The Kier molecular flexibility index (Phi) is 3.12. The Morgan fingerprint density at radius 2 is 2.07 bits per heavy atom. The van der Waals surface area contributed by atoms with Crippen LogP contribution in [-0.4, -0.2) is 20.1 Å². The SMILES string of the molecule is COc1ccc(N(C)C(C)=O)c(C)c1. The fourth-order valence-corrected chi connectivity index (χ4v) is 1.30. The van der Waals surface area contributed by atoms with E-state index in [1.54, 1.807) is 26.0 Å². The number of carbonyl (C=O) groups excluding carboxylic acids is 1. The maximum atomic E-state index is 11.1. The average molecular weight is 193 g/mol. The molecule has 0 atom stereocenters. The molecule has 3 heteroatoms. The molecule has 76 valence electrons. The Labute approximate surface area is 84.3 Å². The van der Waals surface area contributed by atoms with Gasteiger partial charge >= 0.3 is 0 Å². The lowest BCUT2D eigenvalue weighted by Gasteiger charge is -2.17. The third kappa shape index (κ3) is 2.05. The van der Waals surface area contributed by atoms with Crippen molar-refractivity contribution in [1.82, 2.24) is 0 Å². The second-order valence-electron chi connectivity index (χ2n) is 3.23. The van der Waals surface area contributed by atoms with Gasteiger partial charge in [0.25, 0.3) is 0 Å². The van der Waals surface area contributed by atoms with Crippen molar-refractivity contribution in [3.05, 3.63) is 23.8 Å². The first-order chi connectivity index (χ1) is 6.56. The van der Waals surface area contributed by atoms with Gasteiger partial charge in [-0.1, -0.05) is 0 Å². The Balaban J connectivity index is 3.05. The standard InChI is InChI=1S/C11H15NO2/c1-8-7-10(14-4)5-6-11(8)12(3)9(2)13/h5-7H,1-4H3. The van der Waals surface area contributed by atoms with Crippen LogP contribution in [0.25, 0.3) is 0 Å². The summed E-state index contributed by atoms with van der Waals surface area (Å²) in [7, 11) is 3.39. The van der Waals surface area contributed by atoms with Gasteiger partial charge in [-0.3, -0.25) is 4.79 Å². The zero-order valence-electron chi connectivity index (χ0n) is 9.00. The van der Waals surface area contributed by atoms with Crippen molar-refractivity contribution >= 4 is 11.6 Å². The number of amides is 1. The van der Waals surface area contributed by atoms with E-state index in [-0.39, 0.29) is 5.91 Å². The van der Waals surface area contributed by atoms with Crippen LogP contribution in [0.1, 0.15) is 12.5 Å². The van der Waals surface area contributed by atoms with E-state index in [4.69, 9.17) is 4.74 Å². The van der Waals surface area contributed by atoms with Crippen LogP contribution < -0.4 is 9.64 Å². The van der Waals surface area contributed by atoms with Gasteiger partial charge in [-0.15, -0.1) is 0 Å². The summed E-state index contributed by atoms with van der Waals surface area (Å²) >= 11 is 0. The molecule has 0 N–H and O–H groups in total. The van der Waals surface area contributed by atoms with E-state index in [2.05, 4.69) is 0 Å². The quantitative estimate of drug-likeness (QED) is 0.718. The topological polar surface area (TPSA) is 29.5 Å². The number of hydrogen-bond donors (Lipinski definition) is 0. The highest BCUT2D eigenvalue weighted by Crippen LogP contribution is 2.23. The van der Waals surface area contributed by atoms with Crippen LogP contribution in [0.5, 0.6) is 5.75 Å². The first kappa shape index (κ1) is 10.6. The number of carbonyl (C=O) groups is 1. The largest absolute Gasteiger partial charge is 0.497 e. The van der Waals surface area contributed by atoms with Gasteiger partial charge in [0.2, 0.25) is 5.91 Å². The molecule has 3 nitrogen and oxygen atoms in total. The number of hydrogen-bond acceptors (Lipinski definition) is 2. The summed E-state index contributed by atoms with van der Waals surface area (Å²) in [5.74, 6) is 0.835. The van der Waals surface area contributed by atoms with Crippen molar-refractivity contribution in [2.45, 2.75) is 13.8 Å². The lowest BCUT2D eigenvalue weighted by atomic mass is 10.1. The summed E-state index contributed by atoms with van der Waals surface area (Å²) < 4.78 is 5.09. The summed E-state index contributed by atoms with van der Waals surface area (Å²) in [6.07, 6.45) is 0. The zero-order chi connectivity index (χ0) is 10.7. The van der Waals surface area contributed by atoms with Gasteiger partial charge < -0.3 is 9.64 Å². The van der Waals surface area contributed by atoms with Gasteiger partial charge in [-0.2, -0.15) is 0 Å². The second kappa shape index (κ2) is 4.13. The first-order valence-electron chi connectivity index (χ1n) is 4.45.